The summed E-state index contributed by atoms with van der Waals surface area (Å²) in [6.45, 7) is 8.27. The lowest BCUT2D eigenvalue weighted by Crippen LogP contribution is -2.15. The van der Waals surface area contributed by atoms with E-state index in [-0.39, 0.29) is 5.91 Å². The molecule has 0 aliphatic carbocycles. The van der Waals surface area contributed by atoms with Crippen molar-refractivity contribution in [3.05, 3.63) is 59.9 Å². The molecule has 1 N–H and O–H groups in total. The maximum atomic E-state index is 11.9. The molecule has 0 spiro atoms. The van der Waals surface area contributed by atoms with E-state index in [0.29, 0.717) is 12.3 Å². The van der Waals surface area contributed by atoms with Crippen LogP contribution < -0.4 is 5.32 Å². The molecule has 21 heavy (non-hydrogen) atoms. The first-order chi connectivity index (χ1) is 10.1. The van der Waals surface area contributed by atoms with Gasteiger partial charge < -0.3 is 5.32 Å². The lowest BCUT2D eigenvalue weighted by molar-refractivity contribution is -0.115. The minimum atomic E-state index is -0.0420. The molecule has 112 valence electrons. The molecule has 0 radical (unpaired) electrons. The summed E-state index contributed by atoms with van der Waals surface area (Å²) in [4.78, 5) is 16.1. The van der Waals surface area contributed by atoms with Gasteiger partial charge in [0, 0.05) is 17.6 Å². The predicted octanol–water partition coefficient (Wildman–Crippen LogP) is 4.41. The van der Waals surface area contributed by atoms with Crippen molar-refractivity contribution in [2.45, 2.75) is 40.0 Å². The molecule has 0 saturated heterocycles. The number of carbonyl (C=O) groups is 1. The van der Waals surface area contributed by atoms with Crippen molar-refractivity contribution in [2.75, 3.05) is 5.32 Å². The number of aromatic nitrogens is 1. The van der Waals surface area contributed by atoms with Crippen LogP contribution >= 0.6 is 0 Å². The Morgan fingerprint density at radius 2 is 1.90 bits per heavy atom. The van der Waals surface area contributed by atoms with E-state index in [1.807, 2.05) is 50.2 Å². The van der Waals surface area contributed by atoms with Crippen molar-refractivity contribution in [3.8, 4) is 0 Å². The summed E-state index contributed by atoms with van der Waals surface area (Å²) in [5.74, 6) is 0.409. The molecule has 0 unspecified atom stereocenters. The third-order valence-electron chi connectivity index (χ3n) is 2.90. The number of carbonyl (C=O) groups excluding carboxylic acids is 1. The molecule has 2 rings (SSSR count). The number of anilines is 1. The summed E-state index contributed by atoms with van der Waals surface area (Å²) in [6, 6.07) is 13.5. The van der Waals surface area contributed by atoms with Gasteiger partial charge in [-0.05, 0) is 35.7 Å². The lowest BCUT2D eigenvalue weighted by atomic mass is 10.0. The summed E-state index contributed by atoms with van der Waals surface area (Å²) in [7, 11) is 0. The molecule has 2 aromatic rings. The zero-order valence-electron chi connectivity index (χ0n) is 13.3. The summed E-state index contributed by atoms with van der Waals surface area (Å²) in [5, 5.41) is 2.91. The Hall–Kier alpha value is -2.16. The average molecular weight is 284 g/mol. The largest absolute Gasteiger partial charge is 0.326 e. The van der Waals surface area contributed by atoms with Crippen LogP contribution in [0.4, 0.5) is 5.69 Å². The Labute approximate surface area is 127 Å². The van der Waals surface area contributed by atoms with Gasteiger partial charge in [0.1, 0.15) is 0 Å². The summed E-state index contributed by atoms with van der Waals surface area (Å²) >= 11 is 0. The van der Waals surface area contributed by atoms with Crippen molar-refractivity contribution >= 4 is 11.6 Å². The second kappa shape index (κ2) is 8.90. The van der Waals surface area contributed by atoms with Crippen LogP contribution in [-0.2, 0) is 11.2 Å². The van der Waals surface area contributed by atoms with E-state index in [2.05, 4.69) is 30.2 Å². The molecule has 0 fully saturated rings. The zero-order chi connectivity index (χ0) is 15.7. The van der Waals surface area contributed by atoms with Gasteiger partial charge in [-0.1, -0.05) is 45.9 Å². The summed E-state index contributed by atoms with van der Waals surface area (Å²) < 4.78 is 0. The third-order valence-corrected chi connectivity index (χ3v) is 2.90. The van der Waals surface area contributed by atoms with Crippen LogP contribution in [0.15, 0.2) is 48.7 Å². The minimum absolute atomic E-state index is 0.0420. The number of hydrogen-bond acceptors (Lipinski definition) is 2. The molecule has 0 atom stereocenters. The van der Waals surface area contributed by atoms with Crippen LogP contribution in [0, 0.1) is 0 Å². The molecule has 3 nitrogen and oxygen atoms in total. The topological polar surface area (TPSA) is 42.0 Å². The Kier molecular flexibility index (Phi) is 7.16. The molecular weight excluding hydrogens is 260 g/mol. The van der Waals surface area contributed by atoms with Crippen LogP contribution in [0.2, 0.25) is 0 Å². The highest BCUT2D eigenvalue weighted by atomic mass is 16.1. The van der Waals surface area contributed by atoms with E-state index in [4.69, 9.17) is 0 Å². The Morgan fingerprint density at radius 1 is 1.14 bits per heavy atom. The van der Waals surface area contributed by atoms with Crippen molar-refractivity contribution in [2.24, 2.45) is 0 Å². The number of nitrogens with one attached hydrogen (secondary N) is 1. The van der Waals surface area contributed by atoms with Crippen molar-refractivity contribution in [1.82, 2.24) is 4.98 Å². The molecular formula is C18H24N2O. The first-order valence-corrected chi connectivity index (χ1v) is 7.45. The first kappa shape index (κ1) is 16.9. The van der Waals surface area contributed by atoms with Gasteiger partial charge in [-0.3, -0.25) is 9.78 Å². The molecule has 1 aromatic carbocycles. The highest BCUT2D eigenvalue weighted by molar-refractivity contribution is 5.92. The number of hydrogen-bond donors (Lipinski definition) is 1. The SMILES string of the molecule is CC.CC(C)c1cccc(NC(=O)Cc2ccccn2)c1. The maximum Gasteiger partial charge on any atom is 0.230 e. The monoisotopic (exact) mass is 284 g/mol. The molecule has 0 aliphatic heterocycles. The standard InChI is InChI=1S/C16H18N2O.C2H6/c1-12(2)13-6-5-8-15(10-13)18-16(19)11-14-7-3-4-9-17-14;1-2/h3-10,12H,11H2,1-2H3,(H,18,19);1-2H3. The second-order valence-electron chi connectivity index (χ2n) is 4.83. The van der Waals surface area contributed by atoms with Gasteiger partial charge in [0.05, 0.1) is 6.42 Å². The van der Waals surface area contributed by atoms with E-state index in [1.165, 1.54) is 5.56 Å². The van der Waals surface area contributed by atoms with Gasteiger partial charge in [0.2, 0.25) is 5.91 Å². The van der Waals surface area contributed by atoms with Crippen LogP contribution in [0.5, 0.6) is 0 Å². The fourth-order valence-electron chi connectivity index (χ4n) is 1.85. The molecule has 0 saturated carbocycles. The quantitative estimate of drug-likeness (QED) is 0.903. The number of nitrogens with zero attached hydrogens (tertiary/aromatic N) is 1. The molecule has 1 heterocycles. The first-order valence-electron chi connectivity index (χ1n) is 7.45. The molecule has 1 amide bonds. The fraction of sp³-hybridized carbons (Fsp3) is 0.333. The zero-order valence-corrected chi connectivity index (χ0v) is 13.3. The normalized spacial score (nSPS) is 9.76. The molecule has 0 aliphatic rings. The summed E-state index contributed by atoms with van der Waals surface area (Å²) in [6.07, 6.45) is 1.99. The number of rotatable bonds is 4. The fourth-order valence-corrected chi connectivity index (χ4v) is 1.85. The molecule has 0 bridgehead atoms. The predicted molar refractivity (Wildman–Crippen MR) is 88.4 cm³/mol. The summed E-state index contributed by atoms with van der Waals surface area (Å²) in [5.41, 5.74) is 2.84. The van der Waals surface area contributed by atoms with E-state index < -0.39 is 0 Å². The highest BCUT2D eigenvalue weighted by Crippen LogP contribution is 2.18. The molecule has 1 aromatic heterocycles. The van der Waals surface area contributed by atoms with E-state index >= 15 is 0 Å². The van der Waals surface area contributed by atoms with Crippen LogP contribution in [-0.4, -0.2) is 10.9 Å². The number of pyridine rings is 1. The van der Waals surface area contributed by atoms with Crippen molar-refractivity contribution in [1.29, 1.82) is 0 Å². The van der Waals surface area contributed by atoms with Gasteiger partial charge >= 0.3 is 0 Å². The Morgan fingerprint density at radius 3 is 2.52 bits per heavy atom. The number of benzene rings is 1. The second-order valence-corrected chi connectivity index (χ2v) is 4.83. The maximum absolute atomic E-state index is 11.9. The van der Waals surface area contributed by atoms with Gasteiger partial charge in [0.25, 0.3) is 0 Å². The average Bonchev–Trinajstić information content (AvgIpc) is 2.50. The van der Waals surface area contributed by atoms with Crippen molar-refractivity contribution < 1.29 is 4.79 Å². The van der Waals surface area contributed by atoms with Crippen LogP contribution in [0.25, 0.3) is 0 Å². The Bertz CT molecular complexity index is 550. The Balaban J connectivity index is 0.00000106. The van der Waals surface area contributed by atoms with Crippen molar-refractivity contribution in [3.63, 3.8) is 0 Å². The van der Waals surface area contributed by atoms with Gasteiger partial charge in [0.15, 0.2) is 0 Å². The van der Waals surface area contributed by atoms with Gasteiger partial charge in [-0.2, -0.15) is 0 Å². The minimum Gasteiger partial charge on any atom is -0.326 e. The molecule has 3 heteroatoms. The van der Waals surface area contributed by atoms with E-state index in [1.54, 1.807) is 6.20 Å². The third kappa shape index (κ3) is 5.78. The van der Waals surface area contributed by atoms with Gasteiger partial charge in [-0.15, -0.1) is 0 Å². The highest BCUT2D eigenvalue weighted by Gasteiger charge is 2.06. The van der Waals surface area contributed by atoms with Crippen LogP contribution in [0.1, 0.15) is 44.9 Å². The smallest absolute Gasteiger partial charge is 0.230 e. The van der Waals surface area contributed by atoms with Crippen LogP contribution in [0.3, 0.4) is 0 Å². The van der Waals surface area contributed by atoms with Gasteiger partial charge in [-0.25, -0.2) is 0 Å². The van der Waals surface area contributed by atoms with E-state index in [0.717, 1.165) is 11.4 Å². The lowest BCUT2D eigenvalue weighted by Gasteiger charge is -2.09. The number of amides is 1. The van der Waals surface area contributed by atoms with E-state index in [9.17, 15) is 4.79 Å².